The Hall–Kier alpha value is -3.15. The first-order valence-electron chi connectivity index (χ1n) is 7.57. The maximum Gasteiger partial charge on any atom is 0.337 e. The number of rotatable bonds is 5. The van der Waals surface area contributed by atoms with Crippen LogP contribution in [0.5, 0.6) is 0 Å². The molecule has 1 amide bonds. The van der Waals surface area contributed by atoms with Gasteiger partial charge in [0.1, 0.15) is 5.82 Å². The van der Waals surface area contributed by atoms with Crippen LogP contribution in [0.15, 0.2) is 48.5 Å². The second-order valence-electron chi connectivity index (χ2n) is 5.28. The Morgan fingerprint density at radius 3 is 2.50 bits per heavy atom. The summed E-state index contributed by atoms with van der Waals surface area (Å²) in [6.07, 6.45) is 0.612. The van der Waals surface area contributed by atoms with E-state index in [0.29, 0.717) is 24.1 Å². The van der Waals surface area contributed by atoms with Crippen LogP contribution in [0, 0.1) is 0 Å². The highest BCUT2D eigenvalue weighted by molar-refractivity contribution is 5.96. The number of ether oxygens (including phenoxy) is 1. The summed E-state index contributed by atoms with van der Waals surface area (Å²) in [6, 6.07) is 14.1. The number of imidazole rings is 1. The molecule has 122 valence electrons. The lowest BCUT2D eigenvalue weighted by molar-refractivity contribution is 0.0600. The van der Waals surface area contributed by atoms with Gasteiger partial charge in [-0.25, -0.2) is 9.78 Å². The number of para-hydroxylation sites is 2. The van der Waals surface area contributed by atoms with Gasteiger partial charge in [0.2, 0.25) is 0 Å². The number of carbonyl (C=O) groups excluding carboxylic acids is 2. The van der Waals surface area contributed by atoms with Crippen LogP contribution in [0.4, 0.5) is 0 Å². The molecule has 2 aromatic carbocycles. The minimum absolute atomic E-state index is 0.192. The molecule has 0 atom stereocenters. The number of carbonyl (C=O) groups is 2. The van der Waals surface area contributed by atoms with E-state index in [4.69, 9.17) is 0 Å². The molecule has 6 heteroatoms. The van der Waals surface area contributed by atoms with Crippen molar-refractivity contribution in [2.75, 3.05) is 13.7 Å². The van der Waals surface area contributed by atoms with E-state index in [-0.39, 0.29) is 5.91 Å². The summed E-state index contributed by atoms with van der Waals surface area (Å²) >= 11 is 0. The highest BCUT2D eigenvalue weighted by atomic mass is 16.5. The maximum atomic E-state index is 12.1. The first kappa shape index (κ1) is 15.7. The Kier molecular flexibility index (Phi) is 4.56. The van der Waals surface area contributed by atoms with E-state index in [2.05, 4.69) is 20.0 Å². The van der Waals surface area contributed by atoms with E-state index in [9.17, 15) is 9.59 Å². The average Bonchev–Trinajstić information content (AvgIpc) is 3.03. The van der Waals surface area contributed by atoms with Gasteiger partial charge < -0.3 is 15.0 Å². The lowest BCUT2D eigenvalue weighted by atomic mass is 10.1. The van der Waals surface area contributed by atoms with Gasteiger partial charge in [-0.2, -0.15) is 0 Å². The smallest absolute Gasteiger partial charge is 0.337 e. The molecule has 0 saturated carbocycles. The molecule has 0 fully saturated rings. The van der Waals surface area contributed by atoms with Gasteiger partial charge in [-0.05, 0) is 36.4 Å². The standard InChI is InChI=1S/C18H17N3O3/c1-24-18(23)13-8-6-12(7-9-13)17(22)19-11-10-16-20-14-4-2-3-5-15(14)21-16/h2-9H,10-11H2,1H3,(H,19,22)(H,20,21). The summed E-state index contributed by atoms with van der Waals surface area (Å²) in [4.78, 5) is 31.2. The van der Waals surface area contributed by atoms with E-state index in [0.717, 1.165) is 16.9 Å². The average molecular weight is 323 g/mol. The SMILES string of the molecule is COC(=O)c1ccc(C(=O)NCCc2nc3ccccc3[nH]2)cc1. The van der Waals surface area contributed by atoms with Gasteiger partial charge in [0.05, 0.1) is 23.7 Å². The number of amides is 1. The van der Waals surface area contributed by atoms with Crippen LogP contribution < -0.4 is 5.32 Å². The molecule has 6 nitrogen and oxygen atoms in total. The molecule has 3 rings (SSSR count). The van der Waals surface area contributed by atoms with Crippen molar-refractivity contribution in [2.24, 2.45) is 0 Å². The zero-order valence-corrected chi connectivity index (χ0v) is 13.2. The van der Waals surface area contributed by atoms with E-state index < -0.39 is 5.97 Å². The van der Waals surface area contributed by atoms with Gasteiger partial charge in [0, 0.05) is 18.5 Å². The van der Waals surface area contributed by atoms with E-state index in [1.54, 1.807) is 24.3 Å². The fourth-order valence-corrected chi connectivity index (χ4v) is 2.40. The second kappa shape index (κ2) is 6.95. The molecule has 0 spiro atoms. The first-order valence-corrected chi connectivity index (χ1v) is 7.57. The number of hydrogen-bond donors (Lipinski definition) is 2. The summed E-state index contributed by atoms with van der Waals surface area (Å²) in [5.41, 5.74) is 2.80. The predicted octanol–water partition coefficient (Wildman–Crippen LogP) is 2.32. The molecule has 0 aliphatic rings. The Bertz CT molecular complexity index is 836. The van der Waals surface area contributed by atoms with Gasteiger partial charge in [0.25, 0.3) is 5.91 Å². The minimum Gasteiger partial charge on any atom is -0.465 e. The number of fused-ring (bicyclic) bond motifs is 1. The van der Waals surface area contributed by atoms with Crippen LogP contribution in [0.1, 0.15) is 26.5 Å². The highest BCUT2D eigenvalue weighted by Gasteiger charge is 2.09. The van der Waals surface area contributed by atoms with Crippen molar-refractivity contribution in [3.63, 3.8) is 0 Å². The molecule has 1 aromatic heterocycles. The predicted molar refractivity (Wildman–Crippen MR) is 89.9 cm³/mol. The van der Waals surface area contributed by atoms with Crippen molar-refractivity contribution in [1.82, 2.24) is 15.3 Å². The molecular formula is C18H17N3O3. The summed E-state index contributed by atoms with van der Waals surface area (Å²) < 4.78 is 4.63. The zero-order valence-electron chi connectivity index (χ0n) is 13.2. The van der Waals surface area contributed by atoms with Crippen molar-refractivity contribution >= 4 is 22.9 Å². The third-order valence-corrected chi connectivity index (χ3v) is 3.65. The zero-order chi connectivity index (χ0) is 16.9. The van der Waals surface area contributed by atoms with Crippen LogP contribution in [-0.4, -0.2) is 35.5 Å². The number of hydrogen-bond acceptors (Lipinski definition) is 4. The Morgan fingerprint density at radius 2 is 1.79 bits per heavy atom. The maximum absolute atomic E-state index is 12.1. The van der Waals surface area contributed by atoms with Gasteiger partial charge in [-0.3, -0.25) is 4.79 Å². The van der Waals surface area contributed by atoms with Crippen molar-refractivity contribution in [1.29, 1.82) is 0 Å². The van der Waals surface area contributed by atoms with Gasteiger partial charge in [0.15, 0.2) is 0 Å². The monoisotopic (exact) mass is 323 g/mol. The van der Waals surface area contributed by atoms with Crippen LogP contribution in [0.3, 0.4) is 0 Å². The molecular weight excluding hydrogens is 306 g/mol. The van der Waals surface area contributed by atoms with E-state index >= 15 is 0 Å². The van der Waals surface area contributed by atoms with Crippen LogP contribution in [0.25, 0.3) is 11.0 Å². The molecule has 24 heavy (non-hydrogen) atoms. The fraction of sp³-hybridized carbons (Fsp3) is 0.167. The van der Waals surface area contributed by atoms with Crippen molar-refractivity contribution in [2.45, 2.75) is 6.42 Å². The topological polar surface area (TPSA) is 84.1 Å². The van der Waals surface area contributed by atoms with Crippen molar-refractivity contribution in [3.05, 3.63) is 65.5 Å². The number of benzene rings is 2. The number of methoxy groups -OCH3 is 1. The Morgan fingerprint density at radius 1 is 1.08 bits per heavy atom. The molecule has 1 heterocycles. The van der Waals surface area contributed by atoms with Gasteiger partial charge in [-0.1, -0.05) is 12.1 Å². The highest BCUT2D eigenvalue weighted by Crippen LogP contribution is 2.10. The molecule has 2 N–H and O–H groups in total. The number of aromatic nitrogens is 2. The van der Waals surface area contributed by atoms with Crippen LogP contribution >= 0.6 is 0 Å². The summed E-state index contributed by atoms with van der Waals surface area (Å²) in [5, 5.41) is 2.84. The molecule has 0 unspecified atom stereocenters. The second-order valence-corrected chi connectivity index (χ2v) is 5.28. The molecule has 0 aliphatic carbocycles. The number of H-pyrrole nitrogens is 1. The van der Waals surface area contributed by atoms with Crippen LogP contribution in [-0.2, 0) is 11.2 Å². The third-order valence-electron chi connectivity index (χ3n) is 3.65. The summed E-state index contributed by atoms with van der Waals surface area (Å²) in [6.45, 7) is 0.470. The van der Waals surface area contributed by atoms with Gasteiger partial charge in [-0.15, -0.1) is 0 Å². The van der Waals surface area contributed by atoms with Crippen LogP contribution in [0.2, 0.25) is 0 Å². The Labute approximate surface area is 138 Å². The molecule has 0 aliphatic heterocycles. The third kappa shape index (κ3) is 3.43. The molecule has 0 bridgehead atoms. The van der Waals surface area contributed by atoms with Crippen molar-refractivity contribution in [3.8, 4) is 0 Å². The number of nitrogens with zero attached hydrogens (tertiary/aromatic N) is 1. The number of aromatic amines is 1. The summed E-state index contributed by atoms with van der Waals surface area (Å²) in [7, 11) is 1.32. The molecule has 3 aromatic rings. The molecule has 0 radical (unpaired) electrons. The normalized spacial score (nSPS) is 10.5. The Balaban J connectivity index is 1.56. The fourth-order valence-electron chi connectivity index (χ4n) is 2.40. The van der Waals surface area contributed by atoms with E-state index in [1.165, 1.54) is 7.11 Å². The quantitative estimate of drug-likeness (QED) is 0.706. The lowest BCUT2D eigenvalue weighted by Gasteiger charge is -2.05. The minimum atomic E-state index is -0.424. The lowest BCUT2D eigenvalue weighted by Crippen LogP contribution is -2.26. The van der Waals surface area contributed by atoms with E-state index in [1.807, 2.05) is 24.3 Å². The number of nitrogens with one attached hydrogen (secondary N) is 2. The first-order chi connectivity index (χ1) is 11.7. The number of esters is 1. The summed E-state index contributed by atoms with van der Waals surface area (Å²) in [5.74, 6) is 0.215. The largest absolute Gasteiger partial charge is 0.465 e. The van der Waals surface area contributed by atoms with Gasteiger partial charge >= 0.3 is 5.97 Å². The molecule has 0 saturated heterocycles. The van der Waals surface area contributed by atoms with Crippen molar-refractivity contribution < 1.29 is 14.3 Å².